The van der Waals surface area contributed by atoms with Crippen LogP contribution in [0.2, 0.25) is 0 Å². The van der Waals surface area contributed by atoms with Crippen LogP contribution >= 0.6 is 0 Å². The average molecular weight is 254 g/mol. The first kappa shape index (κ1) is 13.1. The van der Waals surface area contributed by atoms with Gasteiger partial charge in [0, 0.05) is 12.2 Å². The van der Waals surface area contributed by atoms with Crippen LogP contribution in [0.15, 0.2) is 48.5 Å². The van der Waals surface area contributed by atoms with Crippen molar-refractivity contribution in [3.8, 4) is 6.07 Å². The molecule has 2 rings (SSSR count). The third-order valence-corrected chi connectivity index (χ3v) is 3.04. The molecular weight excluding hydrogens is 239 g/mol. The van der Waals surface area contributed by atoms with E-state index in [2.05, 4.69) is 11.4 Å². The smallest absolute Gasteiger partial charge is 0.123 e. The fraction of sp³-hybridized carbons (Fsp3) is 0.188. The Morgan fingerprint density at radius 3 is 2.58 bits per heavy atom. The third-order valence-electron chi connectivity index (χ3n) is 3.04. The molecule has 1 atom stereocenters. The lowest BCUT2D eigenvalue weighted by Gasteiger charge is -2.13. The summed E-state index contributed by atoms with van der Waals surface area (Å²) in [5.74, 6) is -0.464. The molecular formula is C16H15FN2. The Morgan fingerprint density at radius 2 is 1.95 bits per heavy atom. The van der Waals surface area contributed by atoms with Gasteiger partial charge in [-0.1, -0.05) is 30.3 Å². The maximum absolute atomic E-state index is 13.0. The van der Waals surface area contributed by atoms with E-state index in [0.717, 1.165) is 16.8 Å². The molecule has 0 spiro atoms. The second-order valence-corrected chi connectivity index (χ2v) is 4.43. The topological polar surface area (TPSA) is 35.8 Å². The monoisotopic (exact) mass is 254 g/mol. The standard InChI is InChI=1S/C16H15FN2/c1-12-9-15(17)7-8-16(12)19-11-14(10-18)13-5-3-2-4-6-13/h2-9,14,19H,11H2,1H3. The van der Waals surface area contributed by atoms with Gasteiger partial charge in [-0.3, -0.25) is 0 Å². The molecule has 2 aromatic carbocycles. The number of rotatable bonds is 4. The highest BCUT2D eigenvalue weighted by atomic mass is 19.1. The molecule has 96 valence electrons. The van der Waals surface area contributed by atoms with Gasteiger partial charge in [0.15, 0.2) is 0 Å². The maximum Gasteiger partial charge on any atom is 0.123 e. The number of hydrogen-bond donors (Lipinski definition) is 1. The van der Waals surface area contributed by atoms with Crippen molar-refractivity contribution in [2.45, 2.75) is 12.8 Å². The summed E-state index contributed by atoms with van der Waals surface area (Å²) in [5, 5.41) is 12.4. The number of halogens is 1. The minimum absolute atomic E-state index is 0.217. The molecule has 0 aromatic heterocycles. The number of hydrogen-bond acceptors (Lipinski definition) is 2. The molecule has 2 nitrogen and oxygen atoms in total. The van der Waals surface area contributed by atoms with Crippen molar-refractivity contribution < 1.29 is 4.39 Å². The van der Waals surface area contributed by atoms with E-state index in [1.54, 1.807) is 6.07 Å². The zero-order valence-corrected chi connectivity index (χ0v) is 10.7. The van der Waals surface area contributed by atoms with Crippen molar-refractivity contribution in [2.75, 3.05) is 11.9 Å². The second-order valence-electron chi connectivity index (χ2n) is 4.43. The van der Waals surface area contributed by atoms with Gasteiger partial charge in [0.1, 0.15) is 5.82 Å². The number of anilines is 1. The van der Waals surface area contributed by atoms with Gasteiger partial charge in [-0.2, -0.15) is 5.26 Å². The molecule has 19 heavy (non-hydrogen) atoms. The van der Waals surface area contributed by atoms with Gasteiger partial charge in [-0.25, -0.2) is 4.39 Å². The molecule has 2 aromatic rings. The van der Waals surface area contributed by atoms with Gasteiger partial charge in [0.05, 0.1) is 12.0 Å². The summed E-state index contributed by atoms with van der Waals surface area (Å²) in [7, 11) is 0. The van der Waals surface area contributed by atoms with E-state index in [1.807, 2.05) is 37.3 Å². The number of nitrogens with zero attached hydrogens (tertiary/aromatic N) is 1. The van der Waals surface area contributed by atoms with E-state index in [9.17, 15) is 9.65 Å². The lowest BCUT2D eigenvalue weighted by Crippen LogP contribution is -2.11. The van der Waals surface area contributed by atoms with E-state index in [0.29, 0.717) is 6.54 Å². The number of nitriles is 1. The molecule has 0 amide bonds. The molecule has 1 unspecified atom stereocenters. The summed E-state index contributed by atoms with van der Waals surface area (Å²) in [6, 6.07) is 16.5. The summed E-state index contributed by atoms with van der Waals surface area (Å²) in [6.45, 7) is 2.35. The molecule has 0 heterocycles. The summed E-state index contributed by atoms with van der Waals surface area (Å²) < 4.78 is 13.0. The fourth-order valence-electron chi connectivity index (χ4n) is 1.96. The molecule has 0 aliphatic rings. The average Bonchev–Trinajstić information content (AvgIpc) is 2.43. The zero-order chi connectivity index (χ0) is 13.7. The predicted molar refractivity (Wildman–Crippen MR) is 74.4 cm³/mol. The van der Waals surface area contributed by atoms with E-state index >= 15 is 0 Å². The fourth-order valence-corrected chi connectivity index (χ4v) is 1.96. The van der Waals surface area contributed by atoms with Crippen LogP contribution in [0.25, 0.3) is 0 Å². The quantitative estimate of drug-likeness (QED) is 0.899. The van der Waals surface area contributed by atoms with Gasteiger partial charge >= 0.3 is 0 Å². The maximum atomic E-state index is 13.0. The van der Waals surface area contributed by atoms with Crippen LogP contribution in [0.4, 0.5) is 10.1 Å². The van der Waals surface area contributed by atoms with E-state index in [-0.39, 0.29) is 11.7 Å². The van der Waals surface area contributed by atoms with Gasteiger partial charge < -0.3 is 5.32 Å². The molecule has 3 heteroatoms. The van der Waals surface area contributed by atoms with Gasteiger partial charge in [0.2, 0.25) is 0 Å². The molecule has 0 aliphatic heterocycles. The molecule has 0 aliphatic carbocycles. The zero-order valence-electron chi connectivity index (χ0n) is 10.7. The van der Waals surface area contributed by atoms with Crippen LogP contribution in [0, 0.1) is 24.1 Å². The van der Waals surface area contributed by atoms with Crippen LogP contribution in [-0.4, -0.2) is 6.54 Å². The molecule has 0 radical (unpaired) electrons. The van der Waals surface area contributed by atoms with Crippen LogP contribution in [0.3, 0.4) is 0 Å². The second kappa shape index (κ2) is 6.01. The highest BCUT2D eigenvalue weighted by Crippen LogP contribution is 2.19. The van der Waals surface area contributed by atoms with Crippen molar-refractivity contribution in [1.82, 2.24) is 0 Å². The Morgan fingerprint density at radius 1 is 1.21 bits per heavy atom. The van der Waals surface area contributed by atoms with Crippen LogP contribution in [0.1, 0.15) is 17.0 Å². The molecule has 0 bridgehead atoms. The highest BCUT2D eigenvalue weighted by molar-refractivity contribution is 5.51. The molecule has 1 N–H and O–H groups in total. The van der Waals surface area contributed by atoms with Crippen LogP contribution in [-0.2, 0) is 0 Å². The van der Waals surface area contributed by atoms with Crippen LogP contribution < -0.4 is 5.32 Å². The van der Waals surface area contributed by atoms with Crippen molar-refractivity contribution in [3.63, 3.8) is 0 Å². The van der Waals surface area contributed by atoms with Crippen molar-refractivity contribution in [3.05, 3.63) is 65.5 Å². The minimum atomic E-state index is -0.247. The summed E-state index contributed by atoms with van der Waals surface area (Å²) in [6.07, 6.45) is 0. The summed E-state index contributed by atoms with van der Waals surface area (Å²) >= 11 is 0. The van der Waals surface area contributed by atoms with Crippen molar-refractivity contribution in [2.24, 2.45) is 0 Å². The predicted octanol–water partition coefficient (Wildman–Crippen LogP) is 3.85. The molecule has 0 saturated heterocycles. The Bertz CT molecular complexity index is 587. The highest BCUT2D eigenvalue weighted by Gasteiger charge is 2.10. The van der Waals surface area contributed by atoms with E-state index in [1.165, 1.54) is 12.1 Å². The molecule has 0 saturated carbocycles. The first-order valence-corrected chi connectivity index (χ1v) is 6.15. The Balaban J connectivity index is 2.07. The van der Waals surface area contributed by atoms with Crippen LogP contribution in [0.5, 0.6) is 0 Å². The first-order chi connectivity index (χ1) is 9.20. The number of benzene rings is 2. The van der Waals surface area contributed by atoms with Gasteiger partial charge in [-0.15, -0.1) is 0 Å². The minimum Gasteiger partial charge on any atom is -0.383 e. The van der Waals surface area contributed by atoms with E-state index < -0.39 is 0 Å². The molecule has 0 fully saturated rings. The SMILES string of the molecule is Cc1cc(F)ccc1NCC(C#N)c1ccccc1. The van der Waals surface area contributed by atoms with E-state index in [4.69, 9.17) is 0 Å². The Labute approximate surface area is 112 Å². The number of nitrogens with one attached hydrogen (secondary N) is 1. The summed E-state index contributed by atoms with van der Waals surface area (Å²) in [4.78, 5) is 0. The Hall–Kier alpha value is -2.34. The van der Waals surface area contributed by atoms with Gasteiger partial charge in [-0.05, 0) is 36.2 Å². The normalized spacial score (nSPS) is 11.6. The Kier molecular flexibility index (Phi) is 4.15. The lowest BCUT2D eigenvalue weighted by atomic mass is 10.0. The lowest BCUT2D eigenvalue weighted by molar-refractivity contribution is 0.627. The van der Waals surface area contributed by atoms with Crippen molar-refractivity contribution >= 4 is 5.69 Å². The first-order valence-electron chi connectivity index (χ1n) is 6.15. The largest absolute Gasteiger partial charge is 0.383 e. The number of aryl methyl sites for hydroxylation is 1. The van der Waals surface area contributed by atoms with Gasteiger partial charge in [0.25, 0.3) is 0 Å². The van der Waals surface area contributed by atoms with Crippen molar-refractivity contribution in [1.29, 1.82) is 5.26 Å². The third kappa shape index (κ3) is 3.32. The summed E-state index contributed by atoms with van der Waals surface area (Å²) in [5.41, 5.74) is 2.68.